The highest BCUT2D eigenvalue weighted by atomic mass is 32.1. The SMILES string of the molecule is CC1CCc2nc(C=O)sc2C1. The Morgan fingerprint density at radius 2 is 2.50 bits per heavy atom. The van der Waals surface area contributed by atoms with Crippen LogP contribution in [0.15, 0.2) is 0 Å². The van der Waals surface area contributed by atoms with Gasteiger partial charge >= 0.3 is 0 Å². The Morgan fingerprint density at radius 1 is 1.67 bits per heavy atom. The fourth-order valence-corrected chi connectivity index (χ4v) is 2.70. The van der Waals surface area contributed by atoms with Gasteiger partial charge in [0.2, 0.25) is 0 Å². The molecule has 1 unspecified atom stereocenters. The zero-order chi connectivity index (χ0) is 8.55. The van der Waals surface area contributed by atoms with Crippen molar-refractivity contribution in [2.45, 2.75) is 26.2 Å². The van der Waals surface area contributed by atoms with E-state index in [-0.39, 0.29) is 0 Å². The van der Waals surface area contributed by atoms with Crippen molar-refractivity contribution >= 4 is 17.6 Å². The molecular formula is C9H11NOS. The number of carbonyl (C=O) groups is 1. The molecule has 0 bridgehead atoms. The predicted octanol–water partition coefficient (Wildman–Crippen LogP) is 2.08. The van der Waals surface area contributed by atoms with E-state index in [1.807, 2.05) is 0 Å². The maximum absolute atomic E-state index is 10.5. The van der Waals surface area contributed by atoms with E-state index in [2.05, 4.69) is 11.9 Å². The smallest absolute Gasteiger partial charge is 0.178 e. The lowest BCUT2D eigenvalue weighted by Crippen LogP contribution is -2.09. The number of nitrogens with zero attached hydrogens (tertiary/aromatic N) is 1. The summed E-state index contributed by atoms with van der Waals surface area (Å²) in [5.41, 5.74) is 1.17. The minimum absolute atomic E-state index is 0.647. The zero-order valence-corrected chi connectivity index (χ0v) is 7.86. The van der Waals surface area contributed by atoms with Crippen molar-refractivity contribution in [3.8, 4) is 0 Å². The lowest BCUT2D eigenvalue weighted by Gasteiger charge is -2.15. The molecule has 0 aliphatic heterocycles. The molecule has 1 heterocycles. The van der Waals surface area contributed by atoms with Crippen LogP contribution in [0.3, 0.4) is 0 Å². The van der Waals surface area contributed by atoms with Crippen LogP contribution in [0.2, 0.25) is 0 Å². The molecule has 0 spiro atoms. The summed E-state index contributed by atoms with van der Waals surface area (Å²) >= 11 is 1.56. The molecule has 0 saturated carbocycles. The van der Waals surface area contributed by atoms with Crippen molar-refractivity contribution in [1.29, 1.82) is 0 Å². The first kappa shape index (κ1) is 7.92. The van der Waals surface area contributed by atoms with Crippen molar-refractivity contribution < 1.29 is 4.79 Å². The summed E-state index contributed by atoms with van der Waals surface area (Å²) < 4.78 is 0. The van der Waals surface area contributed by atoms with Gasteiger partial charge in [0, 0.05) is 4.88 Å². The van der Waals surface area contributed by atoms with Gasteiger partial charge in [-0.3, -0.25) is 4.79 Å². The van der Waals surface area contributed by atoms with Crippen LogP contribution in [0.25, 0.3) is 0 Å². The van der Waals surface area contributed by atoms with E-state index in [4.69, 9.17) is 0 Å². The summed E-state index contributed by atoms with van der Waals surface area (Å²) in [5.74, 6) is 0.762. The third-order valence-electron chi connectivity index (χ3n) is 2.30. The number of aromatic nitrogens is 1. The number of hydrogen-bond donors (Lipinski definition) is 0. The Balaban J connectivity index is 2.34. The molecular weight excluding hydrogens is 170 g/mol. The van der Waals surface area contributed by atoms with Gasteiger partial charge in [0.1, 0.15) is 0 Å². The van der Waals surface area contributed by atoms with Crippen molar-refractivity contribution in [3.63, 3.8) is 0 Å². The lowest BCUT2D eigenvalue weighted by atomic mass is 9.93. The monoisotopic (exact) mass is 181 g/mol. The molecule has 0 saturated heterocycles. The highest BCUT2D eigenvalue weighted by Crippen LogP contribution is 2.28. The summed E-state index contributed by atoms with van der Waals surface area (Å²) in [6, 6.07) is 0. The van der Waals surface area contributed by atoms with Crippen molar-refractivity contribution in [3.05, 3.63) is 15.6 Å². The normalized spacial score (nSPS) is 21.9. The Hall–Kier alpha value is -0.700. The average Bonchev–Trinajstić information content (AvgIpc) is 2.46. The van der Waals surface area contributed by atoms with Crippen LogP contribution in [0.1, 0.15) is 33.7 Å². The Bertz CT molecular complexity index is 305. The third kappa shape index (κ3) is 1.29. The highest BCUT2D eigenvalue weighted by molar-refractivity contribution is 7.13. The van der Waals surface area contributed by atoms with E-state index in [9.17, 15) is 4.79 Å². The summed E-state index contributed by atoms with van der Waals surface area (Å²) in [6.07, 6.45) is 4.24. The average molecular weight is 181 g/mol. The Morgan fingerprint density at radius 3 is 3.25 bits per heavy atom. The third-order valence-corrected chi connectivity index (χ3v) is 3.35. The quantitative estimate of drug-likeness (QED) is 0.621. The number of rotatable bonds is 1. The second-order valence-corrected chi connectivity index (χ2v) is 4.50. The molecule has 1 atom stereocenters. The van der Waals surface area contributed by atoms with Gasteiger partial charge in [-0.05, 0) is 25.2 Å². The molecule has 0 aromatic carbocycles. The van der Waals surface area contributed by atoms with Crippen LogP contribution in [0.4, 0.5) is 0 Å². The molecule has 0 N–H and O–H groups in total. The van der Waals surface area contributed by atoms with Crippen molar-refractivity contribution in [2.24, 2.45) is 5.92 Å². The molecule has 1 aliphatic rings. The number of hydrogen-bond acceptors (Lipinski definition) is 3. The summed E-state index contributed by atoms with van der Waals surface area (Å²) in [4.78, 5) is 16.0. The van der Waals surface area contributed by atoms with Gasteiger partial charge < -0.3 is 0 Å². The fraction of sp³-hybridized carbons (Fsp3) is 0.556. The van der Waals surface area contributed by atoms with Crippen LogP contribution in [0.5, 0.6) is 0 Å². The molecule has 1 aromatic rings. The number of aldehydes is 1. The van der Waals surface area contributed by atoms with E-state index in [1.165, 1.54) is 17.0 Å². The minimum Gasteiger partial charge on any atom is -0.295 e. The van der Waals surface area contributed by atoms with E-state index in [0.29, 0.717) is 5.01 Å². The van der Waals surface area contributed by atoms with Gasteiger partial charge in [0.25, 0.3) is 0 Å². The molecule has 0 fully saturated rings. The van der Waals surface area contributed by atoms with E-state index in [1.54, 1.807) is 11.3 Å². The maximum atomic E-state index is 10.5. The first-order chi connectivity index (χ1) is 5.79. The minimum atomic E-state index is 0.647. The second kappa shape index (κ2) is 2.98. The van der Waals surface area contributed by atoms with Gasteiger partial charge in [-0.2, -0.15) is 0 Å². The van der Waals surface area contributed by atoms with Crippen LogP contribution in [-0.2, 0) is 12.8 Å². The molecule has 1 aliphatic carbocycles. The first-order valence-electron chi connectivity index (χ1n) is 4.23. The summed E-state index contributed by atoms with van der Waals surface area (Å²) in [5, 5.41) is 0.647. The standard InChI is InChI=1S/C9H11NOS/c1-6-2-3-7-8(4-6)12-9(5-11)10-7/h5-6H,2-4H2,1H3. The Labute approximate surface area is 75.6 Å². The molecule has 3 heteroatoms. The first-order valence-corrected chi connectivity index (χ1v) is 5.05. The zero-order valence-electron chi connectivity index (χ0n) is 7.04. The van der Waals surface area contributed by atoms with E-state index in [0.717, 1.165) is 25.0 Å². The van der Waals surface area contributed by atoms with Crippen molar-refractivity contribution in [2.75, 3.05) is 0 Å². The number of carbonyl (C=O) groups excluding carboxylic acids is 1. The molecule has 1 aromatic heterocycles. The molecule has 2 rings (SSSR count). The summed E-state index contributed by atoms with van der Waals surface area (Å²) in [6.45, 7) is 2.25. The highest BCUT2D eigenvalue weighted by Gasteiger charge is 2.19. The van der Waals surface area contributed by atoms with Gasteiger partial charge in [0.05, 0.1) is 5.69 Å². The van der Waals surface area contributed by atoms with Gasteiger partial charge in [-0.25, -0.2) is 4.98 Å². The second-order valence-electron chi connectivity index (χ2n) is 3.39. The number of fused-ring (bicyclic) bond motifs is 1. The van der Waals surface area contributed by atoms with Gasteiger partial charge in [0.15, 0.2) is 11.3 Å². The number of aryl methyl sites for hydroxylation is 1. The van der Waals surface area contributed by atoms with Crippen LogP contribution in [0, 0.1) is 5.92 Å². The van der Waals surface area contributed by atoms with E-state index >= 15 is 0 Å². The van der Waals surface area contributed by atoms with E-state index < -0.39 is 0 Å². The largest absolute Gasteiger partial charge is 0.295 e. The summed E-state index contributed by atoms with van der Waals surface area (Å²) in [7, 11) is 0. The Kier molecular flexibility index (Phi) is 1.97. The fourth-order valence-electron chi connectivity index (χ4n) is 1.61. The van der Waals surface area contributed by atoms with Crippen LogP contribution < -0.4 is 0 Å². The molecule has 0 amide bonds. The van der Waals surface area contributed by atoms with Crippen LogP contribution in [-0.4, -0.2) is 11.3 Å². The van der Waals surface area contributed by atoms with Crippen molar-refractivity contribution in [1.82, 2.24) is 4.98 Å². The molecule has 0 radical (unpaired) electrons. The number of thiazole rings is 1. The molecule has 12 heavy (non-hydrogen) atoms. The van der Waals surface area contributed by atoms with Gasteiger partial charge in [-0.1, -0.05) is 6.92 Å². The molecule has 2 nitrogen and oxygen atoms in total. The molecule has 64 valence electrons. The lowest BCUT2D eigenvalue weighted by molar-refractivity contribution is 0.112. The topological polar surface area (TPSA) is 30.0 Å². The van der Waals surface area contributed by atoms with Gasteiger partial charge in [-0.15, -0.1) is 11.3 Å². The maximum Gasteiger partial charge on any atom is 0.178 e. The van der Waals surface area contributed by atoms with Crippen LogP contribution >= 0.6 is 11.3 Å². The predicted molar refractivity (Wildman–Crippen MR) is 48.7 cm³/mol.